The molecule has 2 aromatic carbocycles. The van der Waals surface area contributed by atoms with Gasteiger partial charge >= 0.3 is 0 Å². The topological polar surface area (TPSA) is 86.7 Å². The number of hydrogen-bond acceptors (Lipinski definition) is 5. The zero-order valence-corrected chi connectivity index (χ0v) is 17.1. The fourth-order valence-electron chi connectivity index (χ4n) is 2.83. The van der Waals surface area contributed by atoms with Gasteiger partial charge in [-0.1, -0.05) is 54.6 Å². The van der Waals surface area contributed by atoms with Crippen LogP contribution in [0.15, 0.2) is 71.7 Å². The minimum absolute atomic E-state index is 0.0510. The average Bonchev–Trinajstić information content (AvgIpc) is 3.01. The molecule has 0 radical (unpaired) electrons. The number of aromatic hydroxyl groups is 1. The van der Waals surface area contributed by atoms with Crippen LogP contribution < -0.4 is 5.32 Å². The minimum atomic E-state index is -0.375. The number of amides is 3. The maximum Gasteiger partial charge on any atom is 0.293 e. The van der Waals surface area contributed by atoms with Gasteiger partial charge in [0.05, 0.1) is 4.91 Å². The van der Waals surface area contributed by atoms with Crippen LogP contribution in [0.2, 0.25) is 0 Å². The fraction of sp³-hybridized carbons (Fsp3) is 0.174. The zero-order valence-electron chi connectivity index (χ0n) is 16.3. The van der Waals surface area contributed by atoms with Crippen molar-refractivity contribution in [3.05, 3.63) is 82.8 Å². The molecule has 0 bridgehead atoms. The molecule has 0 aliphatic carbocycles. The highest BCUT2D eigenvalue weighted by molar-refractivity contribution is 8.18. The molecule has 2 aromatic rings. The fourth-order valence-corrected chi connectivity index (χ4v) is 3.64. The molecule has 1 heterocycles. The maximum atomic E-state index is 12.4. The highest BCUT2D eigenvalue weighted by Crippen LogP contribution is 2.30. The van der Waals surface area contributed by atoms with Crippen LogP contribution in [-0.4, -0.2) is 40.1 Å². The Morgan fingerprint density at radius 1 is 1.07 bits per heavy atom. The number of imide groups is 1. The summed E-state index contributed by atoms with van der Waals surface area (Å²) in [6, 6.07) is 16.4. The van der Waals surface area contributed by atoms with Crippen LogP contribution >= 0.6 is 11.8 Å². The van der Waals surface area contributed by atoms with E-state index in [1.54, 1.807) is 36.4 Å². The van der Waals surface area contributed by atoms with Crippen LogP contribution in [0.1, 0.15) is 17.5 Å². The van der Waals surface area contributed by atoms with Gasteiger partial charge < -0.3 is 10.4 Å². The maximum absolute atomic E-state index is 12.4. The molecule has 0 spiro atoms. The molecule has 0 unspecified atom stereocenters. The molecular weight excluding hydrogens is 400 g/mol. The quantitative estimate of drug-likeness (QED) is 0.633. The SMILES string of the molecule is O=C(CCN1C(=O)SC(=CC=Cc2ccccc2)C1=O)NCCc1ccc(O)cc1. The Bertz CT molecular complexity index is 968. The summed E-state index contributed by atoms with van der Waals surface area (Å²) in [5.74, 6) is -0.398. The van der Waals surface area contributed by atoms with E-state index >= 15 is 0 Å². The predicted octanol–water partition coefficient (Wildman–Crippen LogP) is 3.73. The molecule has 1 aliphatic rings. The van der Waals surface area contributed by atoms with Gasteiger partial charge in [-0.2, -0.15) is 0 Å². The lowest BCUT2D eigenvalue weighted by Crippen LogP contribution is -2.34. The molecule has 154 valence electrons. The second-order valence-electron chi connectivity index (χ2n) is 6.64. The van der Waals surface area contributed by atoms with Crippen molar-refractivity contribution in [3.63, 3.8) is 0 Å². The minimum Gasteiger partial charge on any atom is -0.508 e. The van der Waals surface area contributed by atoms with E-state index < -0.39 is 0 Å². The molecule has 3 amide bonds. The number of nitrogens with one attached hydrogen (secondary N) is 1. The third kappa shape index (κ3) is 6.09. The number of rotatable bonds is 8. The van der Waals surface area contributed by atoms with Gasteiger partial charge in [0, 0.05) is 19.5 Å². The van der Waals surface area contributed by atoms with Crippen LogP contribution in [0.4, 0.5) is 4.79 Å². The van der Waals surface area contributed by atoms with Crippen LogP contribution in [0, 0.1) is 0 Å². The number of thioether (sulfide) groups is 1. The lowest BCUT2D eigenvalue weighted by Gasteiger charge is -2.12. The van der Waals surface area contributed by atoms with Gasteiger partial charge in [-0.15, -0.1) is 0 Å². The Balaban J connectivity index is 1.44. The van der Waals surface area contributed by atoms with E-state index in [1.165, 1.54) is 0 Å². The monoisotopic (exact) mass is 422 g/mol. The number of phenols is 1. The van der Waals surface area contributed by atoms with E-state index in [4.69, 9.17) is 0 Å². The average molecular weight is 423 g/mol. The summed E-state index contributed by atoms with van der Waals surface area (Å²) >= 11 is 0.880. The molecule has 1 fully saturated rings. The van der Waals surface area contributed by atoms with Crippen LogP contribution in [0.5, 0.6) is 5.75 Å². The molecule has 6 nitrogen and oxygen atoms in total. The summed E-state index contributed by atoms with van der Waals surface area (Å²) in [5, 5.41) is 11.7. The molecule has 30 heavy (non-hydrogen) atoms. The summed E-state index contributed by atoms with van der Waals surface area (Å²) < 4.78 is 0. The smallest absolute Gasteiger partial charge is 0.293 e. The number of carbonyl (C=O) groups excluding carboxylic acids is 3. The molecule has 0 aromatic heterocycles. The number of benzene rings is 2. The van der Waals surface area contributed by atoms with Crippen LogP contribution in [-0.2, 0) is 16.0 Å². The predicted molar refractivity (Wildman–Crippen MR) is 118 cm³/mol. The van der Waals surface area contributed by atoms with Gasteiger partial charge in [0.15, 0.2) is 0 Å². The molecule has 1 saturated heterocycles. The van der Waals surface area contributed by atoms with Crippen molar-refractivity contribution in [2.75, 3.05) is 13.1 Å². The van der Waals surface area contributed by atoms with Gasteiger partial charge in [-0.3, -0.25) is 19.3 Å². The van der Waals surface area contributed by atoms with Crippen molar-refractivity contribution in [1.29, 1.82) is 0 Å². The largest absolute Gasteiger partial charge is 0.508 e. The molecular formula is C23H22N2O4S. The third-order valence-corrected chi connectivity index (χ3v) is 5.37. The number of carbonyl (C=O) groups is 3. The van der Waals surface area contributed by atoms with Gasteiger partial charge in [0.1, 0.15) is 5.75 Å². The molecule has 0 atom stereocenters. The molecule has 0 saturated carbocycles. The number of allylic oxidation sites excluding steroid dienone is 2. The molecule has 3 rings (SSSR count). The van der Waals surface area contributed by atoms with E-state index in [-0.39, 0.29) is 35.8 Å². The van der Waals surface area contributed by atoms with Crippen molar-refractivity contribution >= 4 is 34.9 Å². The summed E-state index contributed by atoms with van der Waals surface area (Å²) in [6.07, 6.45) is 5.90. The Labute approximate surface area is 179 Å². The van der Waals surface area contributed by atoms with Crippen molar-refractivity contribution in [2.24, 2.45) is 0 Å². The van der Waals surface area contributed by atoms with Crippen molar-refractivity contribution in [3.8, 4) is 5.75 Å². The van der Waals surface area contributed by atoms with E-state index in [9.17, 15) is 19.5 Å². The first-order valence-corrected chi connectivity index (χ1v) is 10.4. The third-order valence-electron chi connectivity index (χ3n) is 4.44. The Kier molecular flexibility index (Phi) is 7.45. The standard InChI is InChI=1S/C23H22N2O4S/c26-19-11-9-18(10-12-19)13-15-24-21(27)14-16-25-22(28)20(30-23(25)29)8-4-7-17-5-2-1-3-6-17/h1-12,26H,13-16H2,(H,24,27). The lowest BCUT2D eigenvalue weighted by atomic mass is 10.1. The highest BCUT2D eigenvalue weighted by atomic mass is 32.2. The Morgan fingerprint density at radius 3 is 2.53 bits per heavy atom. The number of hydrogen-bond donors (Lipinski definition) is 2. The normalized spacial score (nSPS) is 15.3. The van der Waals surface area contributed by atoms with E-state index in [2.05, 4.69) is 5.32 Å². The summed E-state index contributed by atoms with van der Waals surface area (Å²) in [6.45, 7) is 0.491. The summed E-state index contributed by atoms with van der Waals surface area (Å²) in [5.41, 5.74) is 1.99. The van der Waals surface area contributed by atoms with E-state index in [0.717, 1.165) is 27.8 Å². The Morgan fingerprint density at radius 2 is 1.80 bits per heavy atom. The second-order valence-corrected chi connectivity index (χ2v) is 7.64. The summed E-state index contributed by atoms with van der Waals surface area (Å²) in [7, 11) is 0. The first-order valence-electron chi connectivity index (χ1n) is 9.54. The van der Waals surface area contributed by atoms with E-state index in [0.29, 0.717) is 17.9 Å². The zero-order chi connectivity index (χ0) is 21.3. The van der Waals surface area contributed by atoms with Crippen molar-refractivity contribution < 1.29 is 19.5 Å². The van der Waals surface area contributed by atoms with Gasteiger partial charge in [-0.25, -0.2) is 0 Å². The molecule has 7 heteroatoms. The van der Waals surface area contributed by atoms with Crippen molar-refractivity contribution in [1.82, 2.24) is 10.2 Å². The Hall–Kier alpha value is -3.32. The second kappa shape index (κ2) is 10.5. The van der Waals surface area contributed by atoms with Gasteiger partial charge in [0.2, 0.25) is 5.91 Å². The molecule has 2 N–H and O–H groups in total. The highest BCUT2D eigenvalue weighted by Gasteiger charge is 2.34. The first-order chi connectivity index (χ1) is 14.5. The lowest BCUT2D eigenvalue weighted by molar-refractivity contribution is -0.124. The van der Waals surface area contributed by atoms with Crippen molar-refractivity contribution in [2.45, 2.75) is 12.8 Å². The van der Waals surface area contributed by atoms with E-state index in [1.807, 2.05) is 36.4 Å². The number of phenolic OH excluding ortho intramolecular Hbond substituents is 1. The van der Waals surface area contributed by atoms with Crippen LogP contribution in [0.25, 0.3) is 6.08 Å². The van der Waals surface area contributed by atoms with Gasteiger partial charge in [-0.05, 0) is 47.5 Å². The van der Waals surface area contributed by atoms with Gasteiger partial charge in [0.25, 0.3) is 11.1 Å². The summed E-state index contributed by atoms with van der Waals surface area (Å²) in [4.78, 5) is 38.0. The number of nitrogens with zero attached hydrogens (tertiary/aromatic N) is 1. The van der Waals surface area contributed by atoms with Crippen LogP contribution in [0.3, 0.4) is 0 Å². The first kappa shape index (κ1) is 21.4. The molecule has 1 aliphatic heterocycles.